The van der Waals surface area contributed by atoms with E-state index in [9.17, 15) is 0 Å². The normalized spacial score (nSPS) is 11.0. The predicted octanol–water partition coefficient (Wildman–Crippen LogP) is 4.53. The van der Waals surface area contributed by atoms with Gasteiger partial charge in [0.05, 0.1) is 16.7 Å². The van der Waals surface area contributed by atoms with Gasteiger partial charge >= 0.3 is 0 Å². The molecule has 0 atom stereocenters. The van der Waals surface area contributed by atoms with E-state index in [0.717, 1.165) is 25.1 Å². The van der Waals surface area contributed by atoms with Crippen LogP contribution in [0.3, 0.4) is 0 Å². The highest BCUT2D eigenvalue weighted by Crippen LogP contribution is 2.34. The van der Waals surface area contributed by atoms with Crippen molar-refractivity contribution < 1.29 is 4.74 Å². The molecule has 0 aliphatic rings. The molecule has 0 aliphatic carbocycles. The van der Waals surface area contributed by atoms with E-state index in [0.29, 0.717) is 28.3 Å². The number of rotatable bonds is 7. The highest BCUT2D eigenvalue weighted by atomic mass is 35.5. The third-order valence-electron chi connectivity index (χ3n) is 2.37. The van der Waals surface area contributed by atoms with Gasteiger partial charge in [-0.05, 0) is 36.6 Å². The van der Waals surface area contributed by atoms with Gasteiger partial charge in [-0.2, -0.15) is 0 Å². The molecule has 4 heteroatoms. The van der Waals surface area contributed by atoms with Crippen LogP contribution in [0, 0.1) is 5.92 Å². The van der Waals surface area contributed by atoms with Gasteiger partial charge in [-0.1, -0.05) is 44.0 Å². The minimum Gasteiger partial charge on any atom is -0.490 e. The summed E-state index contributed by atoms with van der Waals surface area (Å²) < 4.78 is 5.63. The SMILES string of the molecule is CCCNCc1cc(Cl)c(OCC(C)C)c(Cl)c1. The number of nitrogens with one attached hydrogen (secondary N) is 1. The molecule has 0 aromatic heterocycles. The first-order valence-corrected chi connectivity index (χ1v) is 7.11. The number of benzene rings is 1. The van der Waals surface area contributed by atoms with Crippen molar-refractivity contribution in [3.63, 3.8) is 0 Å². The fourth-order valence-electron chi connectivity index (χ4n) is 1.51. The molecule has 102 valence electrons. The van der Waals surface area contributed by atoms with Gasteiger partial charge in [0.2, 0.25) is 0 Å². The minimum atomic E-state index is 0.447. The zero-order valence-electron chi connectivity index (χ0n) is 11.2. The number of hydrogen-bond acceptors (Lipinski definition) is 2. The summed E-state index contributed by atoms with van der Waals surface area (Å²) in [6.07, 6.45) is 1.11. The summed E-state index contributed by atoms with van der Waals surface area (Å²) in [5.41, 5.74) is 1.08. The number of hydrogen-bond donors (Lipinski definition) is 1. The van der Waals surface area contributed by atoms with E-state index in [1.165, 1.54) is 0 Å². The lowest BCUT2D eigenvalue weighted by atomic mass is 10.2. The highest BCUT2D eigenvalue weighted by Gasteiger charge is 2.10. The van der Waals surface area contributed by atoms with Crippen LogP contribution in [0.15, 0.2) is 12.1 Å². The van der Waals surface area contributed by atoms with Crippen LogP contribution < -0.4 is 10.1 Å². The third kappa shape index (κ3) is 5.05. The summed E-state index contributed by atoms with van der Waals surface area (Å²) in [4.78, 5) is 0. The molecule has 1 aromatic rings. The van der Waals surface area contributed by atoms with Crippen molar-refractivity contribution in [2.24, 2.45) is 5.92 Å². The topological polar surface area (TPSA) is 21.3 Å². The molecule has 18 heavy (non-hydrogen) atoms. The van der Waals surface area contributed by atoms with Crippen LogP contribution in [0.25, 0.3) is 0 Å². The van der Waals surface area contributed by atoms with E-state index in [4.69, 9.17) is 27.9 Å². The van der Waals surface area contributed by atoms with Gasteiger partial charge in [0, 0.05) is 6.54 Å². The van der Waals surface area contributed by atoms with E-state index in [-0.39, 0.29) is 0 Å². The number of halogens is 2. The second kappa shape index (κ2) is 7.88. The van der Waals surface area contributed by atoms with Crippen molar-refractivity contribution in [3.8, 4) is 5.75 Å². The molecule has 1 N–H and O–H groups in total. The van der Waals surface area contributed by atoms with Crippen molar-refractivity contribution >= 4 is 23.2 Å². The van der Waals surface area contributed by atoms with Crippen LogP contribution in [0.5, 0.6) is 5.75 Å². The van der Waals surface area contributed by atoms with Gasteiger partial charge in [0.15, 0.2) is 5.75 Å². The Morgan fingerprint density at radius 3 is 2.33 bits per heavy atom. The average molecular weight is 290 g/mol. The Labute approximate surface area is 120 Å². The van der Waals surface area contributed by atoms with E-state index in [2.05, 4.69) is 26.1 Å². The first-order chi connectivity index (χ1) is 8.54. The number of ether oxygens (including phenoxy) is 1. The van der Waals surface area contributed by atoms with Gasteiger partial charge in [-0.15, -0.1) is 0 Å². The first-order valence-electron chi connectivity index (χ1n) is 6.36. The Morgan fingerprint density at radius 2 is 1.83 bits per heavy atom. The molecule has 1 rings (SSSR count). The van der Waals surface area contributed by atoms with Gasteiger partial charge in [0.1, 0.15) is 0 Å². The summed E-state index contributed by atoms with van der Waals surface area (Å²) in [5.74, 6) is 1.04. The maximum atomic E-state index is 6.19. The molecule has 0 amide bonds. The second-order valence-electron chi connectivity index (χ2n) is 4.77. The smallest absolute Gasteiger partial charge is 0.156 e. The first kappa shape index (κ1) is 15.6. The largest absolute Gasteiger partial charge is 0.490 e. The fraction of sp³-hybridized carbons (Fsp3) is 0.571. The summed E-state index contributed by atoms with van der Waals surface area (Å²) in [5, 5.41) is 4.48. The molecule has 0 radical (unpaired) electrons. The van der Waals surface area contributed by atoms with E-state index in [1.54, 1.807) is 0 Å². The monoisotopic (exact) mass is 289 g/mol. The molecule has 0 unspecified atom stereocenters. The molecule has 0 saturated heterocycles. The third-order valence-corrected chi connectivity index (χ3v) is 2.94. The molecule has 0 heterocycles. The molecule has 2 nitrogen and oxygen atoms in total. The van der Waals surface area contributed by atoms with Crippen LogP contribution >= 0.6 is 23.2 Å². The van der Waals surface area contributed by atoms with E-state index in [1.807, 2.05) is 12.1 Å². The standard InChI is InChI=1S/C14H21Cl2NO/c1-4-5-17-8-11-6-12(15)14(13(16)7-11)18-9-10(2)3/h6-7,10,17H,4-5,8-9H2,1-3H3. The van der Waals surface area contributed by atoms with E-state index < -0.39 is 0 Å². The predicted molar refractivity (Wildman–Crippen MR) is 78.8 cm³/mol. The average Bonchev–Trinajstić information content (AvgIpc) is 2.28. The van der Waals surface area contributed by atoms with Crippen LogP contribution in [0.2, 0.25) is 10.0 Å². The summed E-state index contributed by atoms with van der Waals surface area (Å²) in [6.45, 7) is 8.69. The van der Waals surface area contributed by atoms with Crippen LogP contribution in [0.4, 0.5) is 0 Å². The zero-order chi connectivity index (χ0) is 13.5. The van der Waals surface area contributed by atoms with Crippen LogP contribution in [-0.2, 0) is 6.54 Å². The Morgan fingerprint density at radius 1 is 1.22 bits per heavy atom. The summed E-state index contributed by atoms with van der Waals surface area (Å²) in [7, 11) is 0. The Bertz CT molecular complexity index is 357. The molecular formula is C14H21Cl2NO. The maximum Gasteiger partial charge on any atom is 0.156 e. The van der Waals surface area contributed by atoms with Gasteiger partial charge < -0.3 is 10.1 Å². The summed E-state index contributed by atoms with van der Waals surface area (Å²) in [6, 6.07) is 3.82. The Hall–Kier alpha value is -0.440. The van der Waals surface area contributed by atoms with Gasteiger partial charge in [-0.3, -0.25) is 0 Å². The van der Waals surface area contributed by atoms with Crippen molar-refractivity contribution in [2.45, 2.75) is 33.7 Å². The van der Waals surface area contributed by atoms with Crippen LogP contribution in [0.1, 0.15) is 32.8 Å². The van der Waals surface area contributed by atoms with Crippen LogP contribution in [-0.4, -0.2) is 13.2 Å². The molecule has 0 fully saturated rings. The lowest BCUT2D eigenvalue weighted by Crippen LogP contribution is -2.14. The van der Waals surface area contributed by atoms with Crippen molar-refractivity contribution in [3.05, 3.63) is 27.7 Å². The molecule has 0 saturated carbocycles. The molecule has 0 aliphatic heterocycles. The Kier molecular flexibility index (Phi) is 6.83. The van der Waals surface area contributed by atoms with Crippen molar-refractivity contribution in [1.82, 2.24) is 5.32 Å². The van der Waals surface area contributed by atoms with E-state index >= 15 is 0 Å². The lowest BCUT2D eigenvalue weighted by molar-refractivity contribution is 0.271. The molecule has 1 aromatic carbocycles. The van der Waals surface area contributed by atoms with Crippen molar-refractivity contribution in [1.29, 1.82) is 0 Å². The maximum absolute atomic E-state index is 6.19. The van der Waals surface area contributed by atoms with Crippen molar-refractivity contribution in [2.75, 3.05) is 13.2 Å². The zero-order valence-corrected chi connectivity index (χ0v) is 12.7. The highest BCUT2D eigenvalue weighted by molar-refractivity contribution is 6.37. The fourth-order valence-corrected chi connectivity index (χ4v) is 2.15. The van der Waals surface area contributed by atoms with Gasteiger partial charge in [0.25, 0.3) is 0 Å². The Balaban J connectivity index is 2.71. The quantitative estimate of drug-likeness (QED) is 0.745. The minimum absolute atomic E-state index is 0.447. The lowest BCUT2D eigenvalue weighted by Gasteiger charge is -2.13. The summed E-state index contributed by atoms with van der Waals surface area (Å²) >= 11 is 12.4. The molecular weight excluding hydrogens is 269 g/mol. The molecule has 0 spiro atoms. The molecule has 0 bridgehead atoms. The van der Waals surface area contributed by atoms with Gasteiger partial charge in [-0.25, -0.2) is 0 Å². The second-order valence-corrected chi connectivity index (χ2v) is 5.58.